The SMILES string of the molecule is Cc1ccc(Cn2cc(NC(=S)Nc3ccn(Cc4c(F)cccc4Cl)n3)cn2)cc1. The summed E-state index contributed by atoms with van der Waals surface area (Å²) in [4.78, 5) is 0. The summed E-state index contributed by atoms with van der Waals surface area (Å²) in [6.45, 7) is 2.95. The molecule has 0 bridgehead atoms. The standard InChI is InChI=1S/C22H20ClFN6S/c1-15-5-7-16(8-6-15)12-30-13-17(11-25-30)26-22(31)27-21-9-10-29(28-21)14-18-19(23)3-2-4-20(18)24/h2-11,13H,12,14H2,1H3,(H2,26,27,28,31). The zero-order valence-electron chi connectivity index (χ0n) is 16.7. The fourth-order valence-electron chi connectivity index (χ4n) is 3.04. The average molecular weight is 455 g/mol. The maximum atomic E-state index is 14.0. The van der Waals surface area contributed by atoms with Crippen molar-refractivity contribution in [1.82, 2.24) is 19.6 Å². The van der Waals surface area contributed by atoms with Crippen molar-refractivity contribution in [3.63, 3.8) is 0 Å². The Labute approximate surface area is 189 Å². The molecule has 4 aromatic rings. The molecule has 0 atom stereocenters. The van der Waals surface area contributed by atoms with Crippen LogP contribution in [0.25, 0.3) is 0 Å². The fraction of sp³-hybridized carbons (Fsp3) is 0.136. The third-order valence-corrected chi connectivity index (χ3v) is 5.18. The zero-order valence-corrected chi connectivity index (χ0v) is 18.3. The molecule has 0 amide bonds. The van der Waals surface area contributed by atoms with Gasteiger partial charge in [-0.15, -0.1) is 0 Å². The topological polar surface area (TPSA) is 59.7 Å². The molecule has 0 saturated heterocycles. The van der Waals surface area contributed by atoms with Crippen LogP contribution in [-0.2, 0) is 13.1 Å². The van der Waals surface area contributed by atoms with Crippen molar-refractivity contribution in [2.45, 2.75) is 20.0 Å². The molecule has 0 aliphatic rings. The zero-order chi connectivity index (χ0) is 21.8. The number of nitrogens with one attached hydrogen (secondary N) is 2. The summed E-state index contributed by atoms with van der Waals surface area (Å²) in [5.41, 5.74) is 3.55. The van der Waals surface area contributed by atoms with Gasteiger partial charge in [0.05, 0.1) is 25.0 Å². The van der Waals surface area contributed by atoms with E-state index in [-0.39, 0.29) is 12.4 Å². The Balaban J connectivity index is 1.33. The Morgan fingerprint density at radius 1 is 1.06 bits per heavy atom. The van der Waals surface area contributed by atoms with E-state index in [0.717, 1.165) is 5.69 Å². The molecule has 2 aromatic carbocycles. The van der Waals surface area contributed by atoms with E-state index in [4.69, 9.17) is 23.8 Å². The summed E-state index contributed by atoms with van der Waals surface area (Å²) in [5, 5.41) is 15.6. The van der Waals surface area contributed by atoms with Crippen LogP contribution >= 0.6 is 23.8 Å². The van der Waals surface area contributed by atoms with Gasteiger partial charge in [0.25, 0.3) is 0 Å². The molecule has 2 aromatic heterocycles. The number of hydrogen-bond donors (Lipinski definition) is 2. The van der Waals surface area contributed by atoms with Gasteiger partial charge in [0.15, 0.2) is 10.9 Å². The first-order valence-corrected chi connectivity index (χ1v) is 10.4. The largest absolute Gasteiger partial charge is 0.330 e. The number of hydrogen-bond acceptors (Lipinski definition) is 3. The lowest BCUT2D eigenvalue weighted by molar-refractivity contribution is 0.586. The average Bonchev–Trinajstić information content (AvgIpc) is 3.36. The van der Waals surface area contributed by atoms with Gasteiger partial charge in [-0.05, 0) is 36.8 Å². The van der Waals surface area contributed by atoms with Crippen molar-refractivity contribution in [3.05, 3.63) is 94.7 Å². The molecule has 31 heavy (non-hydrogen) atoms. The van der Waals surface area contributed by atoms with Crippen molar-refractivity contribution in [2.75, 3.05) is 10.6 Å². The van der Waals surface area contributed by atoms with Gasteiger partial charge < -0.3 is 10.6 Å². The second kappa shape index (κ2) is 9.28. The molecular formula is C22H20ClFN6S. The predicted molar refractivity (Wildman–Crippen MR) is 125 cm³/mol. The van der Waals surface area contributed by atoms with E-state index in [1.54, 1.807) is 35.3 Å². The molecular weight excluding hydrogens is 435 g/mol. The number of halogens is 2. The lowest BCUT2D eigenvalue weighted by Gasteiger charge is -2.07. The minimum Gasteiger partial charge on any atom is -0.330 e. The molecule has 0 unspecified atom stereocenters. The summed E-state index contributed by atoms with van der Waals surface area (Å²) in [6.07, 6.45) is 5.32. The maximum absolute atomic E-state index is 14.0. The van der Waals surface area contributed by atoms with Gasteiger partial charge in [-0.3, -0.25) is 9.36 Å². The number of aromatic nitrogens is 4. The van der Waals surface area contributed by atoms with Crippen molar-refractivity contribution >= 4 is 40.4 Å². The molecule has 0 radical (unpaired) electrons. The Hall–Kier alpha value is -3.23. The van der Waals surface area contributed by atoms with E-state index in [9.17, 15) is 4.39 Å². The number of thiocarbonyl (C=S) groups is 1. The highest BCUT2D eigenvalue weighted by atomic mass is 35.5. The summed E-state index contributed by atoms with van der Waals surface area (Å²) >= 11 is 11.4. The fourth-order valence-corrected chi connectivity index (χ4v) is 3.48. The first-order chi connectivity index (χ1) is 15.0. The van der Waals surface area contributed by atoms with Crippen molar-refractivity contribution in [2.24, 2.45) is 0 Å². The smallest absolute Gasteiger partial charge is 0.176 e. The van der Waals surface area contributed by atoms with E-state index in [1.807, 2.05) is 10.9 Å². The number of anilines is 2. The molecule has 2 N–H and O–H groups in total. The van der Waals surface area contributed by atoms with E-state index < -0.39 is 0 Å². The quantitative estimate of drug-likeness (QED) is 0.397. The van der Waals surface area contributed by atoms with Crippen LogP contribution in [0.15, 0.2) is 67.1 Å². The molecule has 158 valence electrons. The molecule has 6 nitrogen and oxygen atoms in total. The highest BCUT2D eigenvalue weighted by Crippen LogP contribution is 2.20. The van der Waals surface area contributed by atoms with Crippen LogP contribution in [0.4, 0.5) is 15.9 Å². The monoisotopic (exact) mass is 454 g/mol. The second-order valence-corrected chi connectivity index (χ2v) is 7.91. The lowest BCUT2D eigenvalue weighted by Crippen LogP contribution is -2.19. The van der Waals surface area contributed by atoms with Crippen LogP contribution in [0.5, 0.6) is 0 Å². The van der Waals surface area contributed by atoms with E-state index >= 15 is 0 Å². The van der Waals surface area contributed by atoms with Crippen LogP contribution < -0.4 is 10.6 Å². The van der Waals surface area contributed by atoms with Gasteiger partial charge in [0.1, 0.15) is 5.82 Å². The molecule has 0 aliphatic carbocycles. The van der Waals surface area contributed by atoms with Gasteiger partial charge >= 0.3 is 0 Å². The van der Waals surface area contributed by atoms with Crippen LogP contribution in [0.1, 0.15) is 16.7 Å². The predicted octanol–water partition coefficient (Wildman–Crippen LogP) is 5.09. The van der Waals surface area contributed by atoms with Gasteiger partial charge in [0, 0.05) is 29.0 Å². The van der Waals surface area contributed by atoms with E-state index in [2.05, 4.69) is 52.0 Å². The normalized spacial score (nSPS) is 10.8. The maximum Gasteiger partial charge on any atom is 0.176 e. The summed E-state index contributed by atoms with van der Waals surface area (Å²) in [7, 11) is 0. The molecule has 0 spiro atoms. The number of aryl methyl sites for hydroxylation is 1. The number of rotatable bonds is 6. The Bertz CT molecular complexity index is 1180. The van der Waals surface area contributed by atoms with Gasteiger partial charge in [-0.25, -0.2) is 4.39 Å². The minimum absolute atomic E-state index is 0.221. The number of benzene rings is 2. The highest BCUT2D eigenvalue weighted by molar-refractivity contribution is 7.80. The Morgan fingerprint density at radius 2 is 1.87 bits per heavy atom. The van der Waals surface area contributed by atoms with Crippen LogP contribution in [0.3, 0.4) is 0 Å². The van der Waals surface area contributed by atoms with Gasteiger partial charge in [-0.1, -0.05) is 47.5 Å². The van der Waals surface area contributed by atoms with Crippen LogP contribution in [0, 0.1) is 12.7 Å². The van der Waals surface area contributed by atoms with Crippen LogP contribution in [0.2, 0.25) is 5.02 Å². The van der Waals surface area contributed by atoms with Crippen LogP contribution in [-0.4, -0.2) is 24.7 Å². The molecule has 0 saturated carbocycles. The first kappa shape index (κ1) is 21.0. The van der Waals surface area contributed by atoms with Crippen molar-refractivity contribution in [3.8, 4) is 0 Å². The molecule has 2 heterocycles. The molecule has 0 fully saturated rings. The summed E-state index contributed by atoms with van der Waals surface area (Å²) in [5.74, 6) is 0.175. The molecule has 4 rings (SSSR count). The summed E-state index contributed by atoms with van der Waals surface area (Å²) < 4.78 is 17.4. The van der Waals surface area contributed by atoms with Gasteiger partial charge in [-0.2, -0.15) is 10.2 Å². The molecule has 0 aliphatic heterocycles. The highest BCUT2D eigenvalue weighted by Gasteiger charge is 2.09. The van der Waals surface area contributed by atoms with Crippen molar-refractivity contribution < 1.29 is 4.39 Å². The Kier molecular flexibility index (Phi) is 6.29. The second-order valence-electron chi connectivity index (χ2n) is 7.09. The lowest BCUT2D eigenvalue weighted by atomic mass is 10.1. The Morgan fingerprint density at radius 3 is 2.65 bits per heavy atom. The van der Waals surface area contributed by atoms with E-state index in [1.165, 1.54) is 17.2 Å². The third-order valence-electron chi connectivity index (χ3n) is 4.62. The first-order valence-electron chi connectivity index (χ1n) is 9.58. The third kappa shape index (κ3) is 5.48. The number of nitrogens with zero attached hydrogens (tertiary/aromatic N) is 4. The summed E-state index contributed by atoms with van der Waals surface area (Å²) in [6, 6.07) is 14.7. The van der Waals surface area contributed by atoms with E-state index in [0.29, 0.717) is 28.1 Å². The molecule has 9 heteroatoms. The van der Waals surface area contributed by atoms with Crippen molar-refractivity contribution in [1.29, 1.82) is 0 Å². The van der Waals surface area contributed by atoms with Gasteiger partial charge in [0.2, 0.25) is 0 Å². The minimum atomic E-state index is -0.364.